The number of Topliss-reactive ketones (excluding diaryl/α,β-unsaturated/α-hetero) is 1. The second-order valence-corrected chi connectivity index (χ2v) is 11.2. The van der Waals surface area contributed by atoms with E-state index in [4.69, 9.17) is 9.47 Å². The van der Waals surface area contributed by atoms with Gasteiger partial charge in [-0.3, -0.25) is 14.4 Å². The highest BCUT2D eigenvalue weighted by molar-refractivity contribution is 5.83. The van der Waals surface area contributed by atoms with E-state index in [2.05, 4.69) is 0 Å². The number of fused-ring (bicyclic) bond motifs is 5. The topological polar surface area (TPSA) is 89.9 Å². The first-order valence-electron chi connectivity index (χ1n) is 12.1. The predicted molar refractivity (Wildman–Crippen MR) is 114 cm³/mol. The third-order valence-electron chi connectivity index (χ3n) is 9.85. The van der Waals surface area contributed by atoms with Crippen LogP contribution in [0.5, 0.6) is 0 Å². The van der Waals surface area contributed by atoms with Crippen LogP contribution in [0.2, 0.25) is 0 Å². The molecular formula is C25H37FO6. The van der Waals surface area contributed by atoms with Crippen molar-refractivity contribution in [3.63, 3.8) is 0 Å². The molecule has 4 aliphatic carbocycles. The summed E-state index contributed by atoms with van der Waals surface area (Å²) in [5.74, 6) is -1.57. The maximum absolute atomic E-state index is 17.7. The Balaban J connectivity index is 1.72. The van der Waals surface area contributed by atoms with Gasteiger partial charge < -0.3 is 14.6 Å². The third-order valence-corrected chi connectivity index (χ3v) is 9.85. The number of alkyl halides is 1. The fourth-order valence-electron chi connectivity index (χ4n) is 8.49. The van der Waals surface area contributed by atoms with Crippen LogP contribution >= 0.6 is 0 Å². The van der Waals surface area contributed by atoms with Crippen LogP contribution in [0.25, 0.3) is 0 Å². The van der Waals surface area contributed by atoms with Crippen LogP contribution < -0.4 is 0 Å². The summed E-state index contributed by atoms with van der Waals surface area (Å²) in [4.78, 5) is 36.1. The number of ether oxygens (including phenoxy) is 2. The molecule has 4 rings (SSSR count). The van der Waals surface area contributed by atoms with Gasteiger partial charge in [0.05, 0.1) is 0 Å². The first-order chi connectivity index (χ1) is 15.0. The van der Waals surface area contributed by atoms with Gasteiger partial charge in [-0.05, 0) is 68.6 Å². The molecule has 0 amide bonds. The zero-order valence-corrected chi connectivity index (χ0v) is 19.7. The monoisotopic (exact) mass is 452 g/mol. The van der Waals surface area contributed by atoms with E-state index in [1.807, 2.05) is 13.8 Å². The van der Waals surface area contributed by atoms with Gasteiger partial charge in [-0.2, -0.15) is 0 Å². The molecule has 0 aromatic heterocycles. The minimum absolute atomic E-state index is 0.0174. The SMILES string of the molecule is CC(=O)OC1CC[C@@]2(C)C(CC[C@H]3[C@@H]4CC[C@H](C(=O)CO)[C@@]4(C)CC(OC(C)=O)[C@@]32F)C1. The predicted octanol–water partition coefficient (Wildman–Crippen LogP) is 3.77. The minimum Gasteiger partial charge on any atom is -0.463 e. The van der Waals surface area contributed by atoms with Crippen LogP contribution in [-0.4, -0.2) is 47.3 Å². The molecule has 1 N–H and O–H groups in total. The van der Waals surface area contributed by atoms with Gasteiger partial charge in [-0.1, -0.05) is 13.8 Å². The zero-order chi connectivity index (χ0) is 23.5. The Labute approximate surface area is 189 Å². The Hall–Kier alpha value is -1.50. The van der Waals surface area contributed by atoms with E-state index >= 15 is 4.39 Å². The van der Waals surface area contributed by atoms with E-state index in [1.54, 1.807) is 0 Å². The van der Waals surface area contributed by atoms with E-state index in [0.29, 0.717) is 38.5 Å². The molecule has 4 saturated carbocycles. The molecule has 0 bridgehead atoms. The van der Waals surface area contributed by atoms with Crippen molar-refractivity contribution in [3.8, 4) is 0 Å². The maximum Gasteiger partial charge on any atom is 0.303 e. The number of aliphatic hydroxyl groups is 1. The molecule has 0 aliphatic heterocycles. The molecule has 0 aromatic rings. The number of carbonyl (C=O) groups is 3. The highest BCUT2D eigenvalue weighted by Crippen LogP contribution is 2.71. The number of hydrogen-bond donors (Lipinski definition) is 1. The highest BCUT2D eigenvalue weighted by Gasteiger charge is 2.73. The fraction of sp³-hybridized carbons (Fsp3) is 0.880. The summed E-state index contributed by atoms with van der Waals surface area (Å²) in [5.41, 5.74) is -2.87. The second kappa shape index (κ2) is 8.07. The van der Waals surface area contributed by atoms with Gasteiger partial charge in [0.25, 0.3) is 0 Å². The van der Waals surface area contributed by atoms with Crippen LogP contribution in [0.4, 0.5) is 4.39 Å². The molecule has 6 nitrogen and oxygen atoms in total. The van der Waals surface area contributed by atoms with Gasteiger partial charge >= 0.3 is 11.9 Å². The zero-order valence-electron chi connectivity index (χ0n) is 19.7. The molecule has 0 spiro atoms. The van der Waals surface area contributed by atoms with Crippen molar-refractivity contribution in [1.82, 2.24) is 0 Å². The molecular weight excluding hydrogens is 415 g/mol. The lowest BCUT2D eigenvalue weighted by Gasteiger charge is -2.65. The molecule has 0 aromatic carbocycles. The number of carbonyl (C=O) groups excluding carboxylic acids is 3. The lowest BCUT2D eigenvalue weighted by Crippen LogP contribution is -2.70. The summed E-state index contributed by atoms with van der Waals surface area (Å²) < 4.78 is 28.9. The quantitative estimate of drug-likeness (QED) is 0.653. The lowest BCUT2D eigenvalue weighted by atomic mass is 9.42. The molecule has 0 saturated heterocycles. The number of esters is 2. The summed E-state index contributed by atoms with van der Waals surface area (Å²) in [6.07, 6.45) is 3.91. The molecule has 9 atom stereocenters. The molecule has 3 unspecified atom stereocenters. The summed E-state index contributed by atoms with van der Waals surface area (Å²) in [6.45, 7) is 6.25. The van der Waals surface area contributed by atoms with Crippen molar-refractivity contribution in [1.29, 1.82) is 0 Å². The molecule has 32 heavy (non-hydrogen) atoms. The third kappa shape index (κ3) is 3.33. The molecule has 4 fully saturated rings. The van der Waals surface area contributed by atoms with Gasteiger partial charge in [-0.15, -0.1) is 0 Å². The van der Waals surface area contributed by atoms with E-state index in [-0.39, 0.29) is 41.5 Å². The van der Waals surface area contributed by atoms with Gasteiger partial charge in [-0.25, -0.2) is 4.39 Å². The normalized spacial score (nSPS) is 47.6. The first kappa shape index (κ1) is 23.7. The van der Waals surface area contributed by atoms with Gasteiger partial charge in [0, 0.05) is 31.1 Å². The van der Waals surface area contributed by atoms with Crippen molar-refractivity contribution in [3.05, 3.63) is 0 Å². The van der Waals surface area contributed by atoms with Gasteiger partial charge in [0.2, 0.25) is 0 Å². The van der Waals surface area contributed by atoms with Crippen LogP contribution in [-0.2, 0) is 23.9 Å². The molecule has 4 aliphatic rings. The van der Waals surface area contributed by atoms with Crippen LogP contribution in [0.3, 0.4) is 0 Å². The van der Waals surface area contributed by atoms with Gasteiger partial charge in [0.15, 0.2) is 11.5 Å². The standard InChI is InChI=1S/C25H37FO6/c1-14(28)31-17-9-10-24(4)16(11-17)5-6-19-18-7-8-20(21(30)13-27)23(18,3)12-22(25(19,24)26)32-15(2)29/h16-20,22,27H,5-13H2,1-4H3/t16?,17?,18-,19-,20+,22?,23-,24-,25-/m0/s1. The summed E-state index contributed by atoms with van der Waals surface area (Å²) in [7, 11) is 0. The summed E-state index contributed by atoms with van der Waals surface area (Å²) in [5, 5.41) is 9.53. The first-order valence-corrected chi connectivity index (χ1v) is 12.1. The molecule has 0 radical (unpaired) electrons. The minimum atomic E-state index is -1.69. The Morgan fingerprint density at radius 3 is 2.25 bits per heavy atom. The lowest BCUT2D eigenvalue weighted by molar-refractivity contribution is -0.256. The van der Waals surface area contributed by atoms with Crippen LogP contribution in [0, 0.1) is 34.5 Å². The van der Waals surface area contributed by atoms with Crippen molar-refractivity contribution < 1.29 is 33.4 Å². The van der Waals surface area contributed by atoms with Crippen LogP contribution in [0.1, 0.15) is 79.1 Å². The Morgan fingerprint density at radius 1 is 0.969 bits per heavy atom. The van der Waals surface area contributed by atoms with Crippen molar-refractivity contribution in [2.75, 3.05) is 6.61 Å². The molecule has 0 heterocycles. The van der Waals surface area contributed by atoms with E-state index in [0.717, 1.165) is 12.8 Å². The maximum atomic E-state index is 17.7. The number of ketones is 1. The number of hydrogen-bond acceptors (Lipinski definition) is 6. The van der Waals surface area contributed by atoms with Gasteiger partial charge in [0.1, 0.15) is 18.8 Å². The van der Waals surface area contributed by atoms with E-state index in [9.17, 15) is 19.5 Å². The molecule has 7 heteroatoms. The Bertz CT molecular complexity index is 799. The van der Waals surface area contributed by atoms with Crippen molar-refractivity contribution in [2.24, 2.45) is 34.5 Å². The number of rotatable bonds is 4. The second-order valence-electron chi connectivity index (χ2n) is 11.2. The summed E-state index contributed by atoms with van der Waals surface area (Å²) in [6, 6.07) is 0. The number of aliphatic hydroxyl groups excluding tert-OH is 1. The Morgan fingerprint density at radius 2 is 1.62 bits per heavy atom. The average Bonchev–Trinajstić information content (AvgIpc) is 3.04. The fourth-order valence-corrected chi connectivity index (χ4v) is 8.49. The van der Waals surface area contributed by atoms with Crippen LogP contribution in [0.15, 0.2) is 0 Å². The average molecular weight is 453 g/mol. The summed E-state index contributed by atoms with van der Waals surface area (Å²) >= 11 is 0. The van der Waals surface area contributed by atoms with E-state index in [1.165, 1.54) is 13.8 Å². The smallest absolute Gasteiger partial charge is 0.303 e. The Kier molecular flexibility index (Phi) is 5.96. The number of halogens is 1. The van der Waals surface area contributed by atoms with Crippen molar-refractivity contribution >= 4 is 17.7 Å². The van der Waals surface area contributed by atoms with Crippen molar-refractivity contribution in [2.45, 2.75) is 96.9 Å². The largest absolute Gasteiger partial charge is 0.463 e. The van der Waals surface area contributed by atoms with E-state index < -0.39 is 35.2 Å². The highest BCUT2D eigenvalue weighted by atomic mass is 19.1. The molecule has 180 valence electrons.